The molecule has 2 amide bonds. The number of piperazine rings is 1. The zero-order chi connectivity index (χ0) is 22.9. The van der Waals surface area contributed by atoms with Gasteiger partial charge in [-0.15, -0.1) is 0 Å². The quantitative estimate of drug-likeness (QED) is 0.659. The average molecular weight is 464 g/mol. The number of aliphatic hydroxyl groups is 1. The lowest BCUT2D eigenvalue weighted by atomic mass is 9.90. The third-order valence-electron chi connectivity index (χ3n) is 7.25. The second-order valence-corrected chi connectivity index (χ2v) is 9.73. The Kier molecular flexibility index (Phi) is 6.89. The van der Waals surface area contributed by atoms with Gasteiger partial charge in [-0.2, -0.15) is 0 Å². The molecule has 1 aromatic rings. The molecule has 2 aliphatic heterocycles. The van der Waals surface area contributed by atoms with E-state index in [1.807, 2.05) is 4.90 Å². The third kappa shape index (κ3) is 5.00. The lowest BCUT2D eigenvalue weighted by Gasteiger charge is -2.39. The fourth-order valence-electron chi connectivity index (χ4n) is 4.84. The van der Waals surface area contributed by atoms with E-state index in [0.29, 0.717) is 25.2 Å². The first-order chi connectivity index (χ1) is 15.3. The summed E-state index contributed by atoms with van der Waals surface area (Å²) in [7, 11) is 0. The van der Waals surface area contributed by atoms with Crippen molar-refractivity contribution >= 4 is 29.5 Å². The number of halogens is 2. The molecule has 2 heterocycles. The second kappa shape index (κ2) is 9.49. The van der Waals surface area contributed by atoms with Gasteiger partial charge in [0.1, 0.15) is 11.9 Å². The molecule has 1 unspecified atom stereocenters. The number of aliphatic hydroxyl groups excluding tert-OH is 1. The first-order valence-corrected chi connectivity index (χ1v) is 11.8. The van der Waals surface area contributed by atoms with Crippen molar-refractivity contribution in [3.05, 3.63) is 40.7 Å². The molecule has 1 N–H and O–H groups in total. The minimum Gasteiger partial charge on any atom is -0.391 e. The molecular weight excluding hydrogens is 433 g/mol. The Morgan fingerprint density at radius 1 is 1.25 bits per heavy atom. The molecule has 1 aromatic carbocycles. The summed E-state index contributed by atoms with van der Waals surface area (Å²) in [5.74, 6) is -0.797. The number of piperidine rings is 1. The summed E-state index contributed by atoms with van der Waals surface area (Å²) >= 11 is 5.78. The van der Waals surface area contributed by atoms with Crippen molar-refractivity contribution in [2.24, 2.45) is 5.41 Å². The molecule has 4 rings (SSSR count). The van der Waals surface area contributed by atoms with Crippen LogP contribution in [0.5, 0.6) is 0 Å². The minimum atomic E-state index is -0.524. The van der Waals surface area contributed by atoms with Crippen LogP contribution in [0.15, 0.2) is 24.3 Å². The number of nitrogens with zero attached hydrogens (tertiary/aromatic N) is 3. The predicted molar refractivity (Wildman–Crippen MR) is 122 cm³/mol. The van der Waals surface area contributed by atoms with Crippen LogP contribution in [0.1, 0.15) is 38.2 Å². The van der Waals surface area contributed by atoms with E-state index in [1.54, 1.807) is 24.0 Å². The van der Waals surface area contributed by atoms with Crippen molar-refractivity contribution in [2.75, 3.05) is 39.3 Å². The summed E-state index contributed by atoms with van der Waals surface area (Å²) in [4.78, 5) is 31.1. The van der Waals surface area contributed by atoms with Crippen molar-refractivity contribution in [3.63, 3.8) is 0 Å². The average Bonchev–Trinajstić information content (AvgIpc) is 3.55. The highest BCUT2D eigenvalue weighted by Gasteiger charge is 2.51. The largest absolute Gasteiger partial charge is 0.391 e. The maximum atomic E-state index is 13.3. The van der Waals surface area contributed by atoms with Crippen LogP contribution >= 0.6 is 11.6 Å². The molecule has 2 saturated heterocycles. The molecule has 0 radical (unpaired) electrons. The van der Waals surface area contributed by atoms with E-state index >= 15 is 0 Å². The summed E-state index contributed by atoms with van der Waals surface area (Å²) in [6.45, 7) is 6.03. The van der Waals surface area contributed by atoms with Crippen molar-refractivity contribution in [1.82, 2.24) is 14.7 Å². The summed E-state index contributed by atoms with van der Waals surface area (Å²) in [6.07, 6.45) is 7.01. The molecule has 1 aliphatic carbocycles. The third-order valence-corrected chi connectivity index (χ3v) is 7.54. The number of benzene rings is 1. The van der Waals surface area contributed by atoms with Gasteiger partial charge in [0.15, 0.2) is 0 Å². The van der Waals surface area contributed by atoms with Gasteiger partial charge in [-0.1, -0.05) is 17.7 Å². The summed E-state index contributed by atoms with van der Waals surface area (Å²) in [5.41, 5.74) is 0.833. The van der Waals surface area contributed by atoms with Gasteiger partial charge in [0.05, 0.1) is 11.1 Å². The Morgan fingerprint density at radius 2 is 2.03 bits per heavy atom. The van der Waals surface area contributed by atoms with Gasteiger partial charge in [0.2, 0.25) is 11.8 Å². The van der Waals surface area contributed by atoms with Crippen molar-refractivity contribution in [1.29, 1.82) is 0 Å². The number of amides is 2. The van der Waals surface area contributed by atoms with Crippen LogP contribution in [0, 0.1) is 11.2 Å². The fourth-order valence-corrected chi connectivity index (χ4v) is 5.03. The normalized spacial score (nSPS) is 25.7. The molecular formula is C24H31ClFN3O3. The number of β-amino-alcohol motifs (C(OH)–C–C–N with tert-alkyl or cyclic N) is 1. The molecule has 1 spiro atoms. The molecule has 2 atom stereocenters. The van der Waals surface area contributed by atoms with Crippen LogP contribution in [0.25, 0.3) is 6.08 Å². The zero-order valence-electron chi connectivity index (χ0n) is 18.5. The minimum absolute atomic E-state index is 0.00265. The lowest BCUT2D eigenvalue weighted by Crippen LogP contribution is -2.57. The topological polar surface area (TPSA) is 64.1 Å². The Labute approximate surface area is 193 Å². The van der Waals surface area contributed by atoms with E-state index in [9.17, 15) is 19.1 Å². The van der Waals surface area contributed by atoms with Gasteiger partial charge in [0.25, 0.3) is 0 Å². The number of rotatable bonds is 6. The number of likely N-dealkylation sites (tertiary alicyclic amines) is 1. The van der Waals surface area contributed by atoms with Gasteiger partial charge in [-0.25, -0.2) is 4.39 Å². The van der Waals surface area contributed by atoms with E-state index < -0.39 is 11.9 Å². The van der Waals surface area contributed by atoms with Crippen LogP contribution in [0.4, 0.5) is 4.39 Å². The van der Waals surface area contributed by atoms with Crippen LogP contribution < -0.4 is 0 Å². The highest BCUT2D eigenvalue weighted by atomic mass is 35.5. The SMILES string of the molecule is CC1C(=O)N(CCCN2CCC3(CC3)[C@H](O)C2)CCN1C(=O)C=Cc1ccc(F)c(Cl)c1. The maximum absolute atomic E-state index is 13.3. The molecule has 1 saturated carbocycles. The molecule has 0 aromatic heterocycles. The van der Waals surface area contributed by atoms with Gasteiger partial charge in [-0.05, 0) is 74.9 Å². The molecule has 6 nitrogen and oxygen atoms in total. The second-order valence-electron chi connectivity index (χ2n) is 9.32. The summed E-state index contributed by atoms with van der Waals surface area (Å²) in [5, 5.41) is 10.3. The first-order valence-electron chi connectivity index (χ1n) is 11.4. The number of hydrogen-bond acceptors (Lipinski definition) is 4. The molecule has 3 fully saturated rings. The first kappa shape index (κ1) is 23.2. The van der Waals surface area contributed by atoms with Crippen LogP contribution in [-0.2, 0) is 9.59 Å². The molecule has 32 heavy (non-hydrogen) atoms. The van der Waals surface area contributed by atoms with E-state index in [1.165, 1.54) is 18.2 Å². The summed E-state index contributed by atoms with van der Waals surface area (Å²) < 4.78 is 13.3. The van der Waals surface area contributed by atoms with E-state index in [2.05, 4.69) is 4.90 Å². The van der Waals surface area contributed by atoms with Crippen LogP contribution in [-0.4, -0.2) is 83.0 Å². The molecule has 3 aliphatic rings. The van der Waals surface area contributed by atoms with Crippen molar-refractivity contribution in [3.8, 4) is 0 Å². The van der Waals surface area contributed by atoms with Gasteiger partial charge < -0.3 is 19.8 Å². The Bertz CT molecular complexity index is 904. The van der Waals surface area contributed by atoms with E-state index in [-0.39, 0.29) is 28.4 Å². The highest BCUT2D eigenvalue weighted by Crippen LogP contribution is 2.53. The Hall–Kier alpha value is -1.96. The van der Waals surface area contributed by atoms with Crippen molar-refractivity contribution in [2.45, 2.75) is 44.8 Å². The van der Waals surface area contributed by atoms with Crippen LogP contribution in [0.2, 0.25) is 5.02 Å². The predicted octanol–water partition coefficient (Wildman–Crippen LogP) is 2.79. The fraction of sp³-hybridized carbons (Fsp3) is 0.583. The van der Waals surface area contributed by atoms with Crippen molar-refractivity contribution < 1.29 is 19.1 Å². The molecule has 174 valence electrons. The summed E-state index contributed by atoms with van der Waals surface area (Å²) in [6, 6.07) is 3.73. The molecule has 0 bridgehead atoms. The van der Waals surface area contributed by atoms with Gasteiger partial charge >= 0.3 is 0 Å². The van der Waals surface area contributed by atoms with Crippen LogP contribution in [0.3, 0.4) is 0 Å². The van der Waals surface area contributed by atoms with Gasteiger partial charge in [-0.3, -0.25) is 9.59 Å². The standard InChI is InChI=1S/C24H31ClFN3O3/c1-17-23(32)28(11-2-10-27-12-9-24(7-8-24)21(30)16-27)13-14-29(17)22(31)6-4-18-3-5-20(26)19(25)15-18/h3-6,15,17,21,30H,2,7-14,16H2,1H3/t17?,21-/m1/s1. The smallest absolute Gasteiger partial charge is 0.247 e. The Balaban J connectivity index is 1.24. The highest BCUT2D eigenvalue weighted by molar-refractivity contribution is 6.30. The maximum Gasteiger partial charge on any atom is 0.247 e. The lowest BCUT2D eigenvalue weighted by molar-refractivity contribution is -0.148. The number of carbonyl (C=O) groups excluding carboxylic acids is 2. The molecule has 8 heteroatoms. The van der Waals surface area contributed by atoms with Gasteiger partial charge in [0, 0.05) is 32.3 Å². The van der Waals surface area contributed by atoms with E-state index in [0.717, 1.165) is 45.3 Å². The van der Waals surface area contributed by atoms with E-state index in [4.69, 9.17) is 11.6 Å². The number of hydrogen-bond donors (Lipinski definition) is 1. The number of carbonyl (C=O) groups is 2. The Morgan fingerprint density at radius 3 is 2.72 bits per heavy atom. The monoisotopic (exact) mass is 463 g/mol. The zero-order valence-corrected chi connectivity index (χ0v) is 19.2.